The van der Waals surface area contributed by atoms with Gasteiger partial charge in [0.2, 0.25) is 0 Å². The van der Waals surface area contributed by atoms with Crippen molar-refractivity contribution in [3.63, 3.8) is 0 Å². The first-order valence-electron chi connectivity index (χ1n) is 12.1. The molecule has 1 atom stereocenters. The maximum Gasteiger partial charge on any atom is 0.258 e. The van der Waals surface area contributed by atoms with Crippen LogP contribution in [-0.2, 0) is 12.1 Å². The SMILES string of the molecule is CCCCCCOc1ccccc1C1(C)Nc2ccccc2C(=O)N1CCc1ccccc1. The van der Waals surface area contributed by atoms with Crippen LogP contribution in [0.15, 0.2) is 78.9 Å². The molecule has 1 amide bonds. The molecule has 0 spiro atoms. The Morgan fingerprint density at radius 3 is 2.42 bits per heavy atom. The Hall–Kier alpha value is -3.27. The maximum atomic E-state index is 13.7. The molecule has 1 aliphatic heterocycles. The van der Waals surface area contributed by atoms with Crippen LogP contribution in [0, 0.1) is 0 Å². The third-order valence-electron chi connectivity index (χ3n) is 6.45. The minimum Gasteiger partial charge on any atom is -0.493 e. The average Bonchev–Trinajstić information content (AvgIpc) is 2.84. The molecule has 1 unspecified atom stereocenters. The smallest absolute Gasteiger partial charge is 0.258 e. The molecule has 4 heteroatoms. The van der Waals surface area contributed by atoms with E-state index in [0.29, 0.717) is 18.7 Å². The van der Waals surface area contributed by atoms with Gasteiger partial charge in [-0.25, -0.2) is 0 Å². The summed E-state index contributed by atoms with van der Waals surface area (Å²) >= 11 is 0. The maximum absolute atomic E-state index is 13.7. The zero-order valence-corrected chi connectivity index (χ0v) is 19.7. The molecule has 0 aliphatic carbocycles. The highest BCUT2D eigenvalue weighted by Crippen LogP contribution is 2.41. The van der Waals surface area contributed by atoms with E-state index >= 15 is 0 Å². The first-order valence-corrected chi connectivity index (χ1v) is 12.1. The minimum atomic E-state index is -0.722. The van der Waals surface area contributed by atoms with Crippen molar-refractivity contribution in [2.45, 2.75) is 51.6 Å². The van der Waals surface area contributed by atoms with E-state index in [1.807, 2.05) is 65.6 Å². The molecule has 0 saturated heterocycles. The van der Waals surface area contributed by atoms with E-state index in [-0.39, 0.29) is 5.91 Å². The lowest BCUT2D eigenvalue weighted by molar-refractivity contribution is 0.0532. The summed E-state index contributed by atoms with van der Waals surface area (Å²) in [5, 5.41) is 3.68. The standard InChI is InChI=1S/C29H34N2O2/c1-3-4-5-13-22-33-27-19-12-10-17-25(27)29(2)30-26-18-11-9-16-24(26)28(32)31(29)21-20-23-14-7-6-8-15-23/h6-12,14-19,30H,3-5,13,20-22H2,1-2H3. The molecule has 1 heterocycles. The van der Waals surface area contributed by atoms with Gasteiger partial charge in [0, 0.05) is 17.8 Å². The predicted molar refractivity (Wildman–Crippen MR) is 135 cm³/mol. The van der Waals surface area contributed by atoms with E-state index < -0.39 is 5.66 Å². The molecule has 0 aromatic heterocycles. The second kappa shape index (κ2) is 10.6. The highest BCUT2D eigenvalue weighted by molar-refractivity contribution is 6.02. The van der Waals surface area contributed by atoms with Crippen molar-refractivity contribution >= 4 is 11.6 Å². The number of fused-ring (bicyclic) bond motifs is 1. The number of hydrogen-bond donors (Lipinski definition) is 1. The molecule has 33 heavy (non-hydrogen) atoms. The molecular weight excluding hydrogens is 408 g/mol. The normalized spacial score (nSPS) is 17.4. The number of rotatable bonds is 10. The number of hydrogen-bond acceptors (Lipinski definition) is 3. The summed E-state index contributed by atoms with van der Waals surface area (Å²) in [6, 6.07) is 26.2. The Kier molecular flexibility index (Phi) is 7.33. The highest BCUT2D eigenvalue weighted by Gasteiger charge is 2.43. The summed E-state index contributed by atoms with van der Waals surface area (Å²) in [6.07, 6.45) is 5.42. The van der Waals surface area contributed by atoms with Gasteiger partial charge in [0.15, 0.2) is 0 Å². The Morgan fingerprint density at radius 2 is 1.61 bits per heavy atom. The molecule has 0 saturated carbocycles. The molecule has 172 valence electrons. The molecular formula is C29H34N2O2. The van der Waals surface area contributed by atoms with Crippen LogP contribution in [-0.4, -0.2) is 24.0 Å². The summed E-state index contributed by atoms with van der Waals surface area (Å²) < 4.78 is 6.26. The number of carbonyl (C=O) groups excluding carboxylic acids is 1. The number of benzene rings is 3. The number of nitrogens with one attached hydrogen (secondary N) is 1. The molecule has 4 nitrogen and oxygen atoms in total. The number of nitrogens with zero attached hydrogens (tertiary/aromatic N) is 1. The van der Waals surface area contributed by atoms with E-state index in [1.54, 1.807) is 0 Å². The van der Waals surface area contributed by atoms with Crippen LogP contribution in [0.5, 0.6) is 5.75 Å². The minimum absolute atomic E-state index is 0.0422. The van der Waals surface area contributed by atoms with Crippen molar-refractivity contribution in [1.29, 1.82) is 0 Å². The lowest BCUT2D eigenvalue weighted by Crippen LogP contribution is -2.56. The molecule has 3 aromatic carbocycles. The number of anilines is 1. The Balaban J connectivity index is 1.65. The number of carbonyl (C=O) groups is 1. The fourth-order valence-electron chi connectivity index (χ4n) is 4.59. The van der Waals surface area contributed by atoms with Gasteiger partial charge in [-0.1, -0.05) is 86.8 Å². The fraction of sp³-hybridized carbons (Fsp3) is 0.345. The van der Waals surface area contributed by atoms with Gasteiger partial charge in [-0.2, -0.15) is 0 Å². The Morgan fingerprint density at radius 1 is 0.879 bits per heavy atom. The number of ether oxygens (including phenoxy) is 1. The Labute approximate surface area is 197 Å². The number of para-hydroxylation sites is 2. The van der Waals surface area contributed by atoms with Crippen LogP contribution < -0.4 is 10.1 Å². The van der Waals surface area contributed by atoms with Gasteiger partial charge in [0.1, 0.15) is 11.4 Å². The van der Waals surface area contributed by atoms with Crippen molar-refractivity contribution in [3.8, 4) is 5.75 Å². The molecule has 3 aromatic rings. The fourth-order valence-corrected chi connectivity index (χ4v) is 4.59. The first-order chi connectivity index (χ1) is 16.1. The topological polar surface area (TPSA) is 41.6 Å². The van der Waals surface area contributed by atoms with E-state index in [1.165, 1.54) is 24.8 Å². The van der Waals surface area contributed by atoms with Crippen molar-refractivity contribution in [2.24, 2.45) is 0 Å². The van der Waals surface area contributed by atoms with Gasteiger partial charge in [-0.05, 0) is 43.5 Å². The molecule has 1 aliphatic rings. The highest BCUT2D eigenvalue weighted by atomic mass is 16.5. The van der Waals surface area contributed by atoms with E-state index in [9.17, 15) is 4.79 Å². The van der Waals surface area contributed by atoms with E-state index in [2.05, 4.69) is 37.4 Å². The second-order valence-corrected chi connectivity index (χ2v) is 8.84. The van der Waals surface area contributed by atoms with Crippen LogP contribution in [0.3, 0.4) is 0 Å². The van der Waals surface area contributed by atoms with Gasteiger partial charge in [0.05, 0.1) is 12.2 Å². The summed E-state index contributed by atoms with van der Waals surface area (Å²) in [5.74, 6) is 0.876. The lowest BCUT2D eigenvalue weighted by atomic mass is 9.92. The Bertz CT molecular complexity index is 1070. The summed E-state index contributed by atoms with van der Waals surface area (Å²) in [4.78, 5) is 15.7. The quantitative estimate of drug-likeness (QED) is 0.358. The van der Waals surface area contributed by atoms with Gasteiger partial charge < -0.3 is 15.0 Å². The van der Waals surface area contributed by atoms with Crippen LogP contribution in [0.4, 0.5) is 5.69 Å². The third-order valence-corrected chi connectivity index (χ3v) is 6.45. The van der Waals surface area contributed by atoms with E-state index in [0.717, 1.165) is 29.8 Å². The van der Waals surface area contributed by atoms with Crippen molar-refractivity contribution < 1.29 is 9.53 Å². The van der Waals surface area contributed by atoms with Crippen LogP contribution >= 0.6 is 0 Å². The predicted octanol–water partition coefficient (Wildman–Crippen LogP) is 6.63. The molecule has 0 bridgehead atoms. The zero-order chi connectivity index (χ0) is 23.1. The largest absolute Gasteiger partial charge is 0.493 e. The van der Waals surface area contributed by atoms with Crippen molar-refractivity contribution in [2.75, 3.05) is 18.5 Å². The number of amides is 1. The zero-order valence-electron chi connectivity index (χ0n) is 19.7. The number of unbranched alkanes of at least 4 members (excludes halogenated alkanes) is 3. The van der Waals surface area contributed by atoms with Gasteiger partial charge >= 0.3 is 0 Å². The van der Waals surface area contributed by atoms with Crippen LogP contribution in [0.25, 0.3) is 0 Å². The van der Waals surface area contributed by atoms with Gasteiger partial charge in [-0.15, -0.1) is 0 Å². The monoisotopic (exact) mass is 442 g/mol. The summed E-state index contributed by atoms with van der Waals surface area (Å²) in [5.41, 5.74) is 3.04. The average molecular weight is 443 g/mol. The molecule has 4 rings (SSSR count). The summed E-state index contributed by atoms with van der Waals surface area (Å²) in [7, 11) is 0. The molecule has 1 N–H and O–H groups in total. The van der Waals surface area contributed by atoms with Crippen LogP contribution in [0.1, 0.15) is 61.0 Å². The van der Waals surface area contributed by atoms with Gasteiger partial charge in [-0.3, -0.25) is 4.79 Å². The molecule has 0 radical (unpaired) electrons. The summed E-state index contributed by atoms with van der Waals surface area (Å²) in [6.45, 7) is 5.59. The lowest BCUT2D eigenvalue weighted by Gasteiger charge is -2.47. The third kappa shape index (κ3) is 5.05. The second-order valence-electron chi connectivity index (χ2n) is 8.84. The van der Waals surface area contributed by atoms with E-state index in [4.69, 9.17) is 4.74 Å². The van der Waals surface area contributed by atoms with Crippen molar-refractivity contribution in [3.05, 3.63) is 95.6 Å². The van der Waals surface area contributed by atoms with Crippen LogP contribution in [0.2, 0.25) is 0 Å². The van der Waals surface area contributed by atoms with Crippen molar-refractivity contribution in [1.82, 2.24) is 4.90 Å². The van der Waals surface area contributed by atoms with Gasteiger partial charge in [0.25, 0.3) is 5.91 Å². The molecule has 0 fully saturated rings. The first kappa shape index (κ1) is 22.9.